The molecule has 52 heavy (non-hydrogen) atoms. The Kier molecular flexibility index (Phi) is 13.2. The number of fused-ring (bicyclic) bond motifs is 2. The highest BCUT2D eigenvalue weighted by atomic mass is 32.2. The van der Waals surface area contributed by atoms with Crippen LogP contribution in [0.15, 0.2) is 76.8 Å². The second-order valence-electron chi connectivity index (χ2n) is 13.8. The van der Waals surface area contributed by atoms with Crippen LogP contribution in [0, 0.1) is 17.8 Å². The fourth-order valence-electron chi connectivity index (χ4n) is 8.46. The normalized spacial score (nSPS) is 25.8. The van der Waals surface area contributed by atoms with Crippen LogP contribution >= 0.6 is 0 Å². The van der Waals surface area contributed by atoms with Gasteiger partial charge in [0.15, 0.2) is 0 Å². The van der Waals surface area contributed by atoms with E-state index in [0.29, 0.717) is 36.4 Å². The molecule has 284 valence electrons. The monoisotopic (exact) mass is 739 g/mol. The van der Waals surface area contributed by atoms with E-state index in [0.717, 1.165) is 36.8 Å². The summed E-state index contributed by atoms with van der Waals surface area (Å²) in [5.74, 6) is -2.07. The number of nitrogens with one attached hydrogen (secondary N) is 1. The molecule has 2 aromatic carbocycles. The summed E-state index contributed by atoms with van der Waals surface area (Å²) in [5, 5.41) is 37.5. The predicted octanol–water partition coefficient (Wildman–Crippen LogP) is 5.71. The summed E-state index contributed by atoms with van der Waals surface area (Å²) >= 11 is 0. The molecule has 6 unspecified atom stereocenters. The predicted molar refractivity (Wildman–Crippen MR) is 199 cm³/mol. The zero-order valence-electron chi connectivity index (χ0n) is 30.4. The molecule has 3 aliphatic rings. The summed E-state index contributed by atoms with van der Waals surface area (Å²) in [6.45, 7) is 7.58. The van der Waals surface area contributed by atoms with Crippen molar-refractivity contribution in [3.63, 3.8) is 0 Å². The smallest absolute Gasteiger partial charge is 0.243 e. The number of phenols is 1. The number of nitrogens with zero attached hydrogens (tertiary/aromatic N) is 2. The first-order valence-electron chi connectivity index (χ1n) is 18.3. The number of aliphatic hydroxyl groups is 2. The summed E-state index contributed by atoms with van der Waals surface area (Å²) in [4.78, 5) is 17.2. The fraction of sp³-hybridized carbons (Fsp3) is 0.538. The van der Waals surface area contributed by atoms with Gasteiger partial charge >= 0.3 is 0 Å². The second kappa shape index (κ2) is 17.4. The number of carbonyl (C=O) groups excluding carboxylic acids is 1. The van der Waals surface area contributed by atoms with Crippen molar-refractivity contribution in [3.8, 4) is 11.5 Å². The molecule has 0 saturated heterocycles. The Balaban J connectivity index is 1.76. The zero-order valence-corrected chi connectivity index (χ0v) is 31.2. The number of anilines is 1. The number of aromatic hydroxyl groups is 1. The molecule has 0 bridgehead atoms. The van der Waals surface area contributed by atoms with Gasteiger partial charge in [-0.1, -0.05) is 37.1 Å². The maximum Gasteiger partial charge on any atom is 0.243 e. The average Bonchev–Trinajstić information content (AvgIpc) is 3.12. The molecule has 2 aliphatic carbocycles. The highest BCUT2D eigenvalue weighted by Crippen LogP contribution is 2.62. The second-order valence-corrected chi connectivity index (χ2v) is 15.7. The van der Waals surface area contributed by atoms with Gasteiger partial charge in [0.2, 0.25) is 21.7 Å². The molecule has 0 spiro atoms. The minimum Gasteiger partial charge on any atom is -0.508 e. The van der Waals surface area contributed by atoms with E-state index in [1.165, 1.54) is 30.5 Å². The molecule has 1 amide bonds. The highest BCUT2D eigenvalue weighted by Gasteiger charge is 2.66. The summed E-state index contributed by atoms with van der Waals surface area (Å²) in [7, 11) is -2.73. The van der Waals surface area contributed by atoms with Gasteiger partial charge in [-0.25, -0.2) is 8.42 Å². The van der Waals surface area contributed by atoms with Crippen molar-refractivity contribution in [1.29, 1.82) is 0 Å². The summed E-state index contributed by atoms with van der Waals surface area (Å²) in [5.41, 5.74) is 2.71. The highest BCUT2D eigenvalue weighted by molar-refractivity contribution is 7.89. The number of benzene rings is 2. The van der Waals surface area contributed by atoms with E-state index < -0.39 is 27.8 Å². The van der Waals surface area contributed by atoms with Gasteiger partial charge in [-0.3, -0.25) is 4.79 Å². The molecule has 4 N–H and O–H groups in total. The van der Waals surface area contributed by atoms with E-state index in [2.05, 4.69) is 23.1 Å². The van der Waals surface area contributed by atoms with Crippen LogP contribution in [-0.4, -0.2) is 85.0 Å². The van der Waals surface area contributed by atoms with Crippen LogP contribution in [0.3, 0.4) is 0 Å². The summed E-state index contributed by atoms with van der Waals surface area (Å²) in [6.07, 6.45) is 8.83. The molecule has 12 nitrogen and oxygen atoms in total. The molecule has 5 rings (SSSR count). The topological polar surface area (TPSA) is 167 Å². The quantitative estimate of drug-likeness (QED) is 0.0850. The first-order valence-corrected chi connectivity index (χ1v) is 19.7. The van der Waals surface area contributed by atoms with Gasteiger partial charge < -0.3 is 34.9 Å². The number of amides is 1. The van der Waals surface area contributed by atoms with Crippen molar-refractivity contribution in [2.75, 3.05) is 38.8 Å². The van der Waals surface area contributed by atoms with E-state index in [-0.39, 0.29) is 67.1 Å². The third-order valence-corrected chi connectivity index (χ3v) is 12.4. The molecule has 1 fully saturated rings. The lowest BCUT2D eigenvalue weighted by Crippen LogP contribution is -2.70. The standard InChI is InChI=1S/C39H53N3O9S/c1-5-19-42(52(47,48)30-16-13-28(14-17-30)40-26(3)45)36-25-34(41-49-4)32-23-27(11-7-9-20-43)31(12-8-10-21-44)37-33-24-29(46)15-18-35(33)51-39(36,38(32)37)50-22-6-2/h6,13-18,23-24,27,31,36-38,43-44,46H,2,5,7-12,19-22,25H2,1,3-4H3,(H,40,45). The van der Waals surface area contributed by atoms with Crippen LogP contribution in [0.25, 0.3) is 0 Å². The van der Waals surface area contributed by atoms with Gasteiger partial charge in [0.25, 0.3) is 0 Å². The van der Waals surface area contributed by atoms with E-state index in [9.17, 15) is 28.5 Å². The molecule has 0 radical (unpaired) electrons. The number of oxime groups is 1. The number of phenolic OH excluding ortho intramolecular Hbond substituents is 1. The van der Waals surface area contributed by atoms with Crippen LogP contribution in [0.2, 0.25) is 0 Å². The number of rotatable bonds is 18. The SMILES string of the molecule is C=CCOC12Oc3ccc(O)cc3C3C(CCCCO)C(CCCCO)C=C(C(=NOC)CC1N(CCC)S(=O)(=O)c1ccc(NC(C)=O)cc1)C32. The minimum atomic E-state index is -4.20. The van der Waals surface area contributed by atoms with Crippen molar-refractivity contribution in [3.05, 3.63) is 72.3 Å². The largest absolute Gasteiger partial charge is 0.508 e. The lowest BCUT2D eigenvalue weighted by molar-refractivity contribution is -0.251. The van der Waals surface area contributed by atoms with Crippen molar-refractivity contribution < 1.29 is 42.8 Å². The number of unbranched alkanes of at least 4 members (excludes halogenated alkanes) is 2. The molecule has 6 atom stereocenters. The van der Waals surface area contributed by atoms with E-state index in [1.807, 2.05) is 6.92 Å². The number of carbonyl (C=O) groups is 1. The van der Waals surface area contributed by atoms with Gasteiger partial charge in [-0.2, -0.15) is 4.31 Å². The molecular weight excluding hydrogens is 687 g/mol. The van der Waals surface area contributed by atoms with E-state index >= 15 is 0 Å². The van der Waals surface area contributed by atoms with Crippen LogP contribution in [0.4, 0.5) is 5.69 Å². The van der Waals surface area contributed by atoms with Crippen LogP contribution in [0.5, 0.6) is 11.5 Å². The first-order chi connectivity index (χ1) is 25.1. The minimum absolute atomic E-state index is 0.00440. The van der Waals surface area contributed by atoms with Gasteiger partial charge in [0, 0.05) is 50.3 Å². The number of ether oxygens (including phenoxy) is 2. The fourth-order valence-corrected chi connectivity index (χ4v) is 10.2. The Labute approximate surface area is 307 Å². The van der Waals surface area contributed by atoms with Gasteiger partial charge in [0.05, 0.1) is 29.2 Å². The van der Waals surface area contributed by atoms with Crippen molar-refractivity contribution in [1.82, 2.24) is 4.31 Å². The first kappa shape index (κ1) is 39.5. The Morgan fingerprint density at radius 3 is 2.46 bits per heavy atom. The summed E-state index contributed by atoms with van der Waals surface area (Å²) < 4.78 is 45.0. The Morgan fingerprint density at radius 1 is 1.12 bits per heavy atom. The van der Waals surface area contributed by atoms with Gasteiger partial charge in [-0.15, -0.1) is 6.58 Å². The van der Waals surface area contributed by atoms with Crippen LogP contribution < -0.4 is 10.1 Å². The third kappa shape index (κ3) is 7.93. The molecule has 0 aromatic heterocycles. The third-order valence-electron chi connectivity index (χ3n) is 10.4. The van der Waals surface area contributed by atoms with Gasteiger partial charge in [-0.05, 0) is 92.0 Å². The van der Waals surface area contributed by atoms with Crippen LogP contribution in [0.1, 0.15) is 76.7 Å². The van der Waals surface area contributed by atoms with Crippen molar-refractivity contribution in [2.45, 2.75) is 87.9 Å². The van der Waals surface area contributed by atoms with E-state index in [4.69, 9.17) is 14.3 Å². The number of aliphatic hydroxyl groups excluding tert-OH is 2. The van der Waals surface area contributed by atoms with Gasteiger partial charge in [0.1, 0.15) is 18.6 Å². The number of allylic oxidation sites excluding steroid dienone is 1. The van der Waals surface area contributed by atoms with Crippen molar-refractivity contribution in [2.24, 2.45) is 22.9 Å². The number of hydrogen-bond acceptors (Lipinski definition) is 10. The number of hydrogen-bond donors (Lipinski definition) is 4. The molecule has 1 aliphatic heterocycles. The number of sulfonamides is 1. The lowest BCUT2D eigenvalue weighted by atomic mass is 9.55. The zero-order chi connectivity index (χ0) is 37.5. The summed E-state index contributed by atoms with van der Waals surface area (Å²) in [6, 6.07) is 10.2. The van der Waals surface area contributed by atoms with E-state index in [1.54, 1.807) is 36.4 Å². The Bertz CT molecular complexity index is 1730. The average molecular weight is 740 g/mol. The molecule has 2 aromatic rings. The maximum absolute atomic E-state index is 14.8. The Hall–Kier alpha value is -3.75. The molecule has 1 saturated carbocycles. The van der Waals surface area contributed by atoms with Crippen LogP contribution in [-0.2, 0) is 24.4 Å². The molecule has 1 heterocycles. The maximum atomic E-state index is 14.8. The van der Waals surface area contributed by atoms with Crippen molar-refractivity contribution >= 4 is 27.3 Å². The molecular formula is C39H53N3O9S. The molecule has 13 heteroatoms. The lowest BCUT2D eigenvalue weighted by Gasteiger charge is -2.59. The Morgan fingerprint density at radius 2 is 1.83 bits per heavy atom.